The number of ether oxygens (including phenoxy) is 3. The van der Waals surface area contributed by atoms with E-state index in [-0.39, 0.29) is 38.0 Å². The minimum absolute atomic E-state index is 0.0555. The molecule has 0 aromatic heterocycles. The molecule has 2 saturated heterocycles. The van der Waals surface area contributed by atoms with Gasteiger partial charge < -0.3 is 24.0 Å². The highest BCUT2D eigenvalue weighted by Gasteiger charge is 2.42. The Labute approximate surface area is 203 Å². The minimum atomic E-state index is -1.01. The van der Waals surface area contributed by atoms with E-state index in [4.69, 9.17) is 37.4 Å². The first-order valence-electron chi connectivity index (χ1n) is 10.9. The molecular weight excluding hydrogens is 467 g/mol. The molecule has 1 atom stereocenters. The fourth-order valence-corrected chi connectivity index (χ4v) is 4.44. The molecule has 2 heterocycles. The number of halogens is 2. The van der Waals surface area contributed by atoms with Crippen molar-refractivity contribution in [2.24, 2.45) is 0 Å². The summed E-state index contributed by atoms with van der Waals surface area (Å²) < 4.78 is 17.5. The first-order chi connectivity index (χ1) is 16.0. The van der Waals surface area contributed by atoms with E-state index in [2.05, 4.69) is 0 Å². The van der Waals surface area contributed by atoms with Crippen LogP contribution >= 0.6 is 23.2 Å². The molecule has 0 N–H and O–H groups in total. The van der Waals surface area contributed by atoms with Gasteiger partial charge in [-0.25, -0.2) is 0 Å². The Kier molecular flexibility index (Phi) is 7.75. The smallest absolute Gasteiger partial charge is 0.255 e. The Hall–Kier alpha value is -2.32. The first-order valence-corrected chi connectivity index (χ1v) is 11.6. The van der Waals surface area contributed by atoms with E-state index in [1.54, 1.807) is 58.3 Å². The molecule has 0 unspecified atom stereocenters. The molecule has 176 valence electrons. The van der Waals surface area contributed by atoms with Gasteiger partial charge in [0.15, 0.2) is 0 Å². The fraction of sp³-hybridized carbons (Fsp3) is 0.417. The van der Waals surface area contributed by atoms with Gasteiger partial charge in [0, 0.05) is 24.7 Å². The van der Waals surface area contributed by atoms with Crippen molar-refractivity contribution >= 4 is 35.0 Å². The highest BCUT2D eigenvalue weighted by Crippen LogP contribution is 2.28. The zero-order valence-electron chi connectivity index (χ0n) is 18.2. The second-order valence-electron chi connectivity index (χ2n) is 8.15. The number of benzene rings is 2. The molecule has 0 bridgehead atoms. The quantitative estimate of drug-likeness (QED) is 0.616. The summed E-state index contributed by atoms with van der Waals surface area (Å²) in [7, 11) is 0. The van der Waals surface area contributed by atoms with Crippen molar-refractivity contribution in [2.45, 2.75) is 12.0 Å². The molecule has 0 radical (unpaired) electrons. The van der Waals surface area contributed by atoms with Crippen LogP contribution in [0.1, 0.15) is 16.8 Å². The Bertz CT molecular complexity index is 998. The monoisotopic (exact) mass is 492 g/mol. The maximum atomic E-state index is 13.2. The topological polar surface area (TPSA) is 68.3 Å². The lowest BCUT2D eigenvalue weighted by Gasteiger charge is -2.43. The van der Waals surface area contributed by atoms with E-state index in [1.165, 1.54) is 0 Å². The van der Waals surface area contributed by atoms with Gasteiger partial charge in [0.25, 0.3) is 5.91 Å². The summed E-state index contributed by atoms with van der Waals surface area (Å²) >= 11 is 12.3. The molecule has 2 aromatic rings. The summed E-state index contributed by atoms with van der Waals surface area (Å²) in [5.41, 5.74) is -0.586. The molecule has 0 saturated carbocycles. The van der Waals surface area contributed by atoms with Gasteiger partial charge >= 0.3 is 0 Å². The molecule has 2 fully saturated rings. The Morgan fingerprint density at radius 3 is 2.48 bits per heavy atom. The summed E-state index contributed by atoms with van der Waals surface area (Å²) in [6.07, 6.45) is 0.0832. The second kappa shape index (κ2) is 10.7. The first kappa shape index (κ1) is 23.8. The normalized spacial score (nSPS) is 21.0. The van der Waals surface area contributed by atoms with E-state index in [1.807, 2.05) is 0 Å². The molecule has 7 nitrogen and oxygen atoms in total. The summed E-state index contributed by atoms with van der Waals surface area (Å²) in [5.74, 6) is 0.314. The van der Waals surface area contributed by atoms with Crippen molar-refractivity contribution in [3.8, 4) is 5.75 Å². The Balaban J connectivity index is 1.54. The van der Waals surface area contributed by atoms with Gasteiger partial charge in [-0.05, 0) is 30.3 Å². The van der Waals surface area contributed by atoms with E-state index >= 15 is 0 Å². The van der Waals surface area contributed by atoms with Crippen LogP contribution in [0.25, 0.3) is 0 Å². The molecule has 2 aromatic carbocycles. The van der Waals surface area contributed by atoms with Crippen molar-refractivity contribution in [1.29, 1.82) is 0 Å². The van der Waals surface area contributed by atoms with Gasteiger partial charge in [0.2, 0.25) is 5.91 Å². The van der Waals surface area contributed by atoms with E-state index in [0.29, 0.717) is 54.2 Å². The highest BCUT2D eigenvalue weighted by atomic mass is 35.5. The van der Waals surface area contributed by atoms with Crippen LogP contribution in [0.4, 0.5) is 0 Å². The number of amides is 2. The van der Waals surface area contributed by atoms with Crippen molar-refractivity contribution in [1.82, 2.24) is 9.80 Å². The largest absolute Gasteiger partial charge is 0.490 e. The molecule has 0 spiro atoms. The zero-order chi connectivity index (χ0) is 23.3. The van der Waals surface area contributed by atoms with Crippen LogP contribution in [0.3, 0.4) is 0 Å². The SMILES string of the molecule is O=C(C[C@@]1(COc2cccc(Cl)c2)CN(C(=O)c2ccccc2Cl)CCO1)N1CCOCC1. The highest BCUT2D eigenvalue weighted by molar-refractivity contribution is 6.33. The van der Waals surface area contributed by atoms with Crippen LogP contribution in [-0.4, -0.2) is 79.8 Å². The van der Waals surface area contributed by atoms with Crippen LogP contribution < -0.4 is 4.74 Å². The number of morpholine rings is 2. The molecule has 4 rings (SSSR count). The fourth-order valence-electron chi connectivity index (χ4n) is 4.04. The number of hydrogen-bond acceptors (Lipinski definition) is 5. The van der Waals surface area contributed by atoms with Gasteiger partial charge in [-0.1, -0.05) is 41.4 Å². The van der Waals surface area contributed by atoms with E-state index in [9.17, 15) is 9.59 Å². The number of hydrogen-bond donors (Lipinski definition) is 0. The summed E-state index contributed by atoms with van der Waals surface area (Å²) in [6, 6.07) is 14.0. The maximum Gasteiger partial charge on any atom is 0.255 e. The Morgan fingerprint density at radius 1 is 0.970 bits per heavy atom. The average Bonchev–Trinajstić information content (AvgIpc) is 2.83. The lowest BCUT2D eigenvalue weighted by Crippen LogP contribution is -2.58. The third-order valence-corrected chi connectivity index (χ3v) is 6.34. The molecule has 2 amide bonds. The van der Waals surface area contributed by atoms with Crippen LogP contribution in [-0.2, 0) is 14.3 Å². The van der Waals surface area contributed by atoms with Gasteiger partial charge in [-0.15, -0.1) is 0 Å². The minimum Gasteiger partial charge on any atom is -0.490 e. The third kappa shape index (κ3) is 5.98. The van der Waals surface area contributed by atoms with Gasteiger partial charge in [-0.3, -0.25) is 9.59 Å². The summed E-state index contributed by atoms with van der Waals surface area (Å²) in [5, 5.41) is 0.935. The maximum absolute atomic E-state index is 13.2. The van der Waals surface area contributed by atoms with E-state index in [0.717, 1.165) is 0 Å². The number of carbonyl (C=O) groups excluding carboxylic acids is 2. The summed E-state index contributed by atoms with van der Waals surface area (Å²) in [4.78, 5) is 29.8. The molecule has 0 aliphatic carbocycles. The summed E-state index contributed by atoms with van der Waals surface area (Å²) in [6.45, 7) is 3.06. The molecule has 9 heteroatoms. The van der Waals surface area contributed by atoms with Crippen LogP contribution in [0.2, 0.25) is 10.0 Å². The zero-order valence-corrected chi connectivity index (χ0v) is 19.7. The molecule has 2 aliphatic heterocycles. The van der Waals surface area contributed by atoms with Gasteiger partial charge in [0.05, 0.1) is 43.4 Å². The van der Waals surface area contributed by atoms with Crippen molar-refractivity contribution < 1.29 is 23.8 Å². The lowest BCUT2D eigenvalue weighted by atomic mass is 9.96. The molecular formula is C24H26Cl2N2O5. The van der Waals surface area contributed by atoms with Crippen LogP contribution in [0, 0.1) is 0 Å². The number of nitrogens with zero attached hydrogens (tertiary/aromatic N) is 2. The molecule has 33 heavy (non-hydrogen) atoms. The predicted molar refractivity (Wildman–Crippen MR) is 125 cm³/mol. The van der Waals surface area contributed by atoms with Crippen molar-refractivity contribution in [2.75, 3.05) is 52.6 Å². The second-order valence-corrected chi connectivity index (χ2v) is 9.00. The predicted octanol–water partition coefficient (Wildman–Crippen LogP) is 3.53. The van der Waals surface area contributed by atoms with E-state index < -0.39 is 5.60 Å². The lowest BCUT2D eigenvalue weighted by molar-refractivity contribution is -0.155. The number of rotatable bonds is 6. The molecule has 2 aliphatic rings. The van der Waals surface area contributed by atoms with Crippen molar-refractivity contribution in [3.63, 3.8) is 0 Å². The average molecular weight is 493 g/mol. The number of carbonyl (C=O) groups is 2. The van der Waals surface area contributed by atoms with Gasteiger partial charge in [0.1, 0.15) is 18.0 Å². The third-order valence-electron chi connectivity index (χ3n) is 5.78. The Morgan fingerprint density at radius 2 is 1.73 bits per heavy atom. The van der Waals surface area contributed by atoms with Crippen molar-refractivity contribution in [3.05, 3.63) is 64.1 Å². The van der Waals surface area contributed by atoms with Crippen LogP contribution in [0.15, 0.2) is 48.5 Å². The standard InChI is InChI=1S/C24H26Cl2N2O5/c25-18-4-3-5-19(14-18)32-17-24(15-22(29)27-8-11-31-12-9-27)16-28(10-13-33-24)23(30)20-6-1-2-7-21(20)26/h1-7,14H,8-13,15-17H2/t24-/m0/s1. The van der Waals surface area contributed by atoms with Crippen LogP contribution in [0.5, 0.6) is 5.75 Å². The van der Waals surface area contributed by atoms with Gasteiger partial charge in [-0.2, -0.15) is 0 Å².